The molecule has 2 heterocycles. The molecule has 30 heavy (non-hydrogen) atoms. The second kappa shape index (κ2) is 8.95. The zero-order valence-corrected chi connectivity index (χ0v) is 17.0. The largest absolute Gasteiger partial charge is 0.493 e. The molecule has 0 aliphatic carbocycles. The monoisotopic (exact) mass is 426 g/mol. The highest BCUT2D eigenvalue weighted by atomic mass is 32.2. The molecule has 154 valence electrons. The van der Waals surface area contributed by atoms with Gasteiger partial charge in [0.1, 0.15) is 11.6 Å². The number of nitrogen functional groups attached to an aromatic ring is 1. The highest BCUT2D eigenvalue weighted by Crippen LogP contribution is 2.28. The Balaban J connectivity index is 1.44. The highest BCUT2D eigenvalue weighted by molar-refractivity contribution is 7.98. The Hall–Kier alpha value is -3.40. The summed E-state index contributed by atoms with van der Waals surface area (Å²) in [6.45, 7) is 2.46. The van der Waals surface area contributed by atoms with Crippen molar-refractivity contribution in [1.29, 1.82) is 0 Å². The van der Waals surface area contributed by atoms with E-state index in [1.54, 1.807) is 18.2 Å². The summed E-state index contributed by atoms with van der Waals surface area (Å²) in [5.41, 5.74) is 1.26. The Morgan fingerprint density at radius 3 is 2.77 bits per heavy atom. The van der Waals surface area contributed by atoms with E-state index in [2.05, 4.69) is 20.3 Å². The van der Waals surface area contributed by atoms with Crippen molar-refractivity contribution in [2.24, 2.45) is 0 Å². The number of hydrogen-bond donors (Lipinski definition) is 1. The van der Waals surface area contributed by atoms with Crippen LogP contribution in [0.3, 0.4) is 0 Å². The van der Waals surface area contributed by atoms with Gasteiger partial charge in [-0.1, -0.05) is 47.3 Å². The number of hydrogen-bond acceptors (Lipinski definition) is 8. The van der Waals surface area contributed by atoms with Crippen LogP contribution in [-0.4, -0.2) is 31.6 Å². The topological polar surface area (TPSA) is 105 Å². The fourth-order valence-electron chi connectivity index (χ4n) is 2.82. The van der Waals surface area contributed by atoms with Crippen molar-refractivity contribution in [3.05, 3.63) is 71.6 Å². The second-order valence-corrected chi connectivity index (χ2v) is 7.21. The summed E-state index contributed by atoms with van der Waals surface area (Å²) in [5.74, 6) is 8.15. The third-order valence-corrected chi connectivity index (χ3v) is 5.19. The number of nitrogens with zero attached hydrogens (tertiary/aromatic N) is 5. The standard InChI is InChI=1S/C20H19FN6O2S/c1-2-28-16-10-6-4-8-14(16)19-23-18(29-26-19)12-30-20-25-24-17(27(20)22)11-13-7-3-5-9-15(13)21/h3-10H,2,11-12,22H2,1H3. The van der Waals surface area contributed by atoms with Crippen molar-refractivity contribution in [3.8, 4) is 17.1 Å². The van der Waals surface area contributed by atoms with Gasteiger partial charge in [-0.05, 0) is 30.7 Å². The van der Waals surface area contributed by atoms with E-state index in [1.165, 1.54) is 22.5 Å². The molecule has 0 amide bonds. The van der Waals surface area contributed by atoms with Crippen molar-refractivity contribution in [1.82, 2.24) is 25.0 Å². The summed E-state index contributed by atoms with van der Waals surface area (Å²) >= 11 is 1.30. The predicted octanol–water partition coefficient (Wildman–Crippen LogP) is 3.46. The van der Waals surface area contributed by atoms with Crippen LogP contribution < -0.4 is 10.6 Å². The lowest BCUT2D eigenvalue weighted by Gasteiger charge is -2.06. The van der Waals surface area contributed by atoms with Gasteiger partial charge in [-0.25, -0.2) is 9.07 Å². The summed E-state index contributed by atoms with van der Waals surface area (Å²) < 4.78 is 26.2. The Morgan fingerprint density at radius 1 is 1.13 bits per heavy atom. The number of para-hydroxylation sites is 1. The van der Waals surface area contributed by atoms with Crippen LogP contribution in [0, 0.1) is 5.82 Å². The minimum absolute atomic E-state index is 0.246. The summed E-state index contributed by atoms with van der Waals surface area (Å²) in [7, 11) is 0. The number of rotatable bonds is 8. The minimum atomic E-state index is -0.305. The van der Waals surface area contributed by atoms with Crippen LogP contribution in [0.5, 0.6) is 5.75 Å². The molecule has 0 aliphatic heterocycles. The molecule has 0 saturated carbocycles. The molecule has 2 aromatic heterocycles. The molecule has 0 saturated heterocycles. The van der Waals surface area contributed by atoms with Gasteiger partial charge in [0.05, 0.1) is 17.9 Å². The third-order valence-electron chi connectivity index (χ3n) is 4.26. The predicted molar refractivity (Wildman–Crippen MR) is 110 cm³/mol. The van der Waals surface area contributed by atoms with E-state index >= 15 is 0 Å². The maximum absolute atomic E-state index is 13.9. The average molecular weight is 426 g/mol. The number of ether oxygens (including phenoxy) is 1. The molecule has 0 bridgehead atoms. The third kappa shape index (κ3) is 4.28. The average Bonchev–Trinajstić information content (AvgIpc) is 3.36. The summed E-state index contributed by atoms with van der Waals surface area (Å²) in [4.78, 5) is 4.43. The Morgan fingerprint density at radius 2 is 1.93 bits per heavy atom. The molecular weight excluding hydrogens is 407 g/mol. The fraction of sp³-hybridized carbons (Fsp3) is 0.200. The number of nitrogens with two attached hydrogens (primary N) is 1. The van der Waals surface area contributed by atoms with Crippen molar-refractivity contribution in [2.45, 2.75) is 24.3 Å². The van der Waals surface area contributed by atoms with E-state index in [9.17, 15) is 4.39 Å². The van der Waals surface area contributed by atoms with Crippen LogP contribution in [0.1, 0.15) is 24.2 Å². The first-order valence-corrected chi connectivity index (χ1v) is 10.2. The molecule has 10 heteroatoms. The quantitative estimate of drug-likeness (QED) is 0.337. The SMILES string of the molecule is CCOc1ccccc1-c1noc(CSc2nnc(Cc3ccccc3F)n2N)n1. The van der Waals surface area contributed by atoms with E-state index in [0.29, 0.717) is 46.4 Å². The van der Waals surface area contributed by atoms with Crippen molar-refractivity contribution in [2.75, 3.05) is 12.4 Å². The maximum atomic E-state index is 13.9. The summed E-state index contributed by atoms with van der Waals surface area (Å²) in [5, 5.41) is 12.7. The second-order valence-electron chi connectivity index (χ2n) is 6.27. The summed E-state index contributed by atoms with van der Waals surface area (Å²) in [6.07, 6.45) is 0.246. The van der Waals surface area contributed by atoms with Crippen LogP contribution in [0.4, 0.5) is 4.39 Å². The number of thioether (sulfide) groups is 1. The first-order chi connectivity index (χ1) is 14.7. The zero-order valence-electron chi connectivity index (χ0n) is 16.2. The maximum Gasteiger partial charge on any atom is 0.237 e. The van der Waals surface area contributed by atoms with Gasteiger partial charge in [0.15, 0.2) is 5.82 Å². The van der Waals surface area contributed by atoms with Crippen molar-refractivity contribution >= 4 is 11.8 Å². The highest BCUT2D eigenvalue weighted by Gasteiger charge is 2.16. The van der Waals surface area contributed by atoms with Crippen LogP contribution in [0.15, 0.2) is 58.2 Å². The molecular formula is C20H19FN6O2S. The minimum Gasteiger partial charge on any atom is -0.493 e. The smallest absolute Gasteiger partial charge is 0.237 e. The van der Waals surface area contributed by atoms with E-state index < -0.39 is 0 Å². The van der Waals surface area contributed by atoms with Gasteiger partial charge in [-0.15, -0.1) is 10.2 Å². The summed E-state index contributed by atoms with van der Waals surface area (Å²) in [6, 6.07) is 14.0. The molecule has 0 aliphatic rings. The van der Waals surface area contributed by atoms with Crippen LogP contribution in [-0.2, 0) is 12.2 Å². The Labute approximate surface area is 176 Å². The van der Waals surface area contributed by atoms with Gasteiger partial charge < -0.3 is 15.1 Å². The lowest BCUT2D eigenvalue weighted by Crippen LogP contribution is -2.14. The Kier molecular flexibility index (Phi) is 5.94. The van der Waals surface area contributed by atoms with Crippen LogP contribution in [0.25, 0.3) is 11.4 Å². The van der Waals surface area contributed by atoms with Crippen LogP contribution in [0.2, 0.25) is 0 Å². The van der Waals surface area contributed by atoms with Gasteiger partial charge in [0.2, 0.25) is 16.9 Å². The van der Waals surface area contributed by atoms with Crippen LogP contribution >= 0.6 is 11.8 Å². The number of aromatic nitrogens is 5. The molecule has 4 aromatic rings. The van der Waals surface area contributed by atoms with E-state index in [4.69, 9.17) is 15.1 Å². The molecule has 2 aromatic carbocycles. The van der Waals surface area contributed by atoms with Gasteiger partial charge in [-0.3, -0.25) is 0 Å². The van der Waals surface area contributed by atoms with Gasteiger partial charge >= 0.3 is 0 Å². The van der Waals surface area contributed by atoms with Gasteiger partial charge in [0.25, 0.3) is 0 Å². The van der Waals surface area contributed by atoms with Gasteiger partial charge in [-0.2, -0.15) is 4.98 Å². The molecule has 8 nitrogen and oxygen atoms in total. The molecule has 0 unspecified atom stereocenters. The van der Waals surface area contributed by atoms with E-state index in [-0.39, 0.29) is 12.2 Å². The molecule has 2 N–H and O–H groups in total. The fourth-order valence-corrected chi connectivity index (χ4v) is 3.53. The lowest BCUT2D eigenvalue weighted by molar-refractivity contribution is 0.341. The van der Waals surface area contributed by atoms with Crippen molar-refractivity contribution in [3.63, 3.8) is 0 Å². The molecule has 0 fully saturated rings. The van der Waals surface area contributed by atoms with E-state index in [1.807, 2.05) is 31.2 Å². The molecule has 0 spiro atoms. The first-order valence-electron chi connectivity index (χ1n) is 9.26. The zero-order chi connectivity index (χ0) is 20.9. The number of halogens is 1. The Bertz CT molecular complexity index is 1150. The van der Waals surface area contributed by atoms with Gasteiger partial charge in [0, 0.05) is 6.42 Å². The molecule has 4 rings (SSSR count). The number of benzene rings is 2. The molecule has 0 radical (unpaired) electrons. The normalized spacial score (nSPS) is 11.0. The van der Waals surface area contributed by atoms with Crippen molar-refractivity contribution < 1.29 is 13.7 Å². The molecule has 0 atom stereocenters. The lowest BCUT2D eigenvalue weighted by atomic mass is 10.1. The van der Waals surface area contributed by atoms with E-state index in [0.717, 1.165) is 5.56 Å². The first kappa shape index (κ1) is 19.9.